The standard InChI is InChI=1S/C22H19N3O2S/c26-21-5-1-2-13-25(21)18-9-6-16(7-10-18)4-3-12-23-22(27)17-8-11-19-20(14-17)28-15-24-19/h6-11,14-15H,1-2,5,12-13H2,(H,23,27). The SMILES string of the molecule is O=C(NCC#Cc1ccc(N2CCCCC2=O)cc1)c1ccc2ncsc2c1. The number of nitrogens with one attached hydrogen (secondary N) is 1. The highest BCUT2D eigenvalue weighted by Gasteiger charge is 2.19. The van der Waals surface area contributed by atoms with E-state index in [1.165, 1.54) is 11.3 Å². The molecule has 1 saturated heterocycles. The number of hydrogen-bond acceptors (Lipinski definition) is 4. The van der Waals surface area contributed by atoms with E-state index in [0.717, 1.165) is 40.9 Å². The summed E-state index contributed by atoms with van der Waals surface area (Å²) in [7, 11) is 0. The van der Waals surface area contributed by atoms with Gasteiger partial charge in [0.15, 0.2) is 0 Å². The molecule has 0 aliphatic carbocycles. The normalized spacial score (nSPS) is 13.9. The molecule has 3 aromatic rings. The molecule has 1 aliphatic rings. The van der Waals surface area contributed by atoms with Crippen LogP contribution in [0.25, 0.3) is 10.2 Å². The van der Waals surface area contributed by atoms with Crippen molar-refractivity contribution >= 4 is 39.1 Å². The summed E-state index contributed by atoms with van der Waals surface area (Å²) >= 11 is 1.51. The quantitative estimate of drug-likeness (QED) is 0.697. The van der Waals surface area contributed by atoms with Crippen LogP contribution in [0.2, 0.25) is 0 Å². The molecular weight excluding hydrogens is 370 g/mol. The lowest BCUT2D eigenvalue weighted by atomic mass is 10.1. The van der Waals surface area contributed by atoms with Crippen LogP contribution in [0, 0.1) is 11.8 Å². The zero-order chi connectivity index (χ0) is 19.3. The maximum Gasteiger partial charge on any atom is 0.252 e. The second-order valence-electron chi connectivity index (χ2n) is 6.57. The van der Waals surface area contributed by atoms with Crippen molar-refractivity contribution < 1.29 is 9.59 Å². The molecule has 0 radical (unpaired) electrons. The lowest BCUT2D eigenvalue weighted by Crippen LogP contribution is -2.35. The number of aromatic nitrogens is 1. The van der Waals surface area contributed by atoms with E-state index in [1.807, 2.05) is 41.3 Å². The summed E-state index contributed by atoms with van der Waals surface area (Å²) < 4.78 is 0.992. The molecule has 2 amide bonds. The van der Waals surface area contributed by atoms with Gasteiger partial charge in [0.1, 0.15) is 0 Å². The Labute approximate surface area is 167 Å². The van der Waals surface area contributed by atoms with Crippen LogP contribution in [0.3, 0.4) is 0 Å². The zero-order valence-corrected chi connectivity index (χ0v) is 16.1. The van der Waals surface area contributed by atoms with Gasteiger partial charge in [0.2, 0.25) is 5.91 Å². The summed E-state index contributed by atoms with van der Waals surface area (Å²) in [4.78, 5) is 30.3. The Morgan fingerprint density at radius 1 is 1.18 bits per heavy atom. The van der Waals surface area contributed by atoms with Gasteiger partial charge in [-0.1, -0.05) is 11.8 Å². The molecule has 140 valence electrons. The van der Waals surface area contributed by atoms with E-state index in [4.69, 9.17) is 0 Å². The van der Waals surface area contributed by atoms with Crippen LogP contribution in [0.5, 0.6) is 0 Å². The number of benzene rings is 2. The Morgan fingerprint density at radius 2 is 2.04 bits per heavy atom. The molecule has 0 atom stereocenters. The molecule has 1 fully saturated rings. The second kappa shape index (κ2) is 8.24. The number of rotatable bonds is 3. The third-order valence-electron chi connectivity index (χ3n) is 4.67. The van der Waals surface area contributed by atoms with Gasteiger partial charge in [-0.25, -0.2) is 4.98 Å². The molecule has 2 aromatic carbocycles. The molecule has 2 heterocycles. The Balaban J connectivity index is 1.34. The van der Waals surface area contributed by atoms with Crippen molar-refractivity contribution in [1.82, 2.24) is 10.3 Å². The first-order valence-electron chi connectivity index (χ1n) is 9.21. The van der Waals surface area contributed by atoms with Gasteiger partial charge < -0.3 is 10.2 Å². The molecular formula is C22H19N3O2S. The smallest absolute Gasteiger partial charge is 0.252 e. The Kier molecular flexibility index (Phi) is 5.36. The van der Waals surface area contributed by atoms with Crippen molar-refractivity contribution in [2.75, 3.05) is 18.0 Å². The molecule has 6 heteroatoms. The van der Waals surface area contributed by atoms with Crippen LogP contribution in [0.1, 0.15) is 35.2 Å². The van der Waals surface area contributed by atoms with Crippen molar-refractivity contribution in [2.45, 2.75) is 19.3 Å². The van der Waals surface area contributed by atoms with Crippen molar-refractivity contribution in [3.8, 4) is 11.8 Å². The predicted molar refractivity (Wildman–Crippen MR) is 111 cm³/mol. The summed E-state index contributed by atoms with van der Waals surface area (Å²) in [6, 6.07) is 13.1. The molecule has 5 nitrogen and oxygen atoms in total. The van der Waals surface area contributed by atoms with E-state index in [-0.39, 0.29) is 18.4 Å². The van der Waals surface area contributed by atoms with Gasteiger partial charge >= 0.3 is 0 Å². The van der Waals surface area contributed by atoms with E-state index >= 15 is 0 Å². The Bertz CT molecular complexity index is 1080. The van der Waals surface area contributed by atoms with Gasteiger partial charge in [-0.05, 0) is 55.3 Å². The average Bonchev–Trinajstić information content (AvgIpc) is 3.20. The predicted octanol–water partition coefficient (Wildman–Crippen LogP) is 3.59. The van der Waals surface area contributed by atoms with Gasteiger partial charge in [0.05, 0.1) is 22.3 Å². The number of amides is 2. The summed E-state index contributed by atoms with van der Waals surface area (Å²) in [5.74, 6) is 6.05. The van der Waals surface area contributed by atoms with Crippen LogP contribution in [0.15, 0.2) is 48.0 Å². The highest BCUT2D eigenvalue weighted by molar-refractivity contribution is 7.16. The number of carbonyl (C=O) groups is 2. The highest BCUT2D eigenvalue weighted by Crippen LogP contribution is 2.21. The fraction of sp³-hybridized carbons (Fsp3) is 0.227. The number of fused-ring (bicyclic) bond motifs is 1. The van der Waals surface area contributed by atoms with Gasteiger partial charge in [-0.15, -0.1) is 11.3 Å². The molecule has 1 aromatic heterocycles. The minimum absolute atomic E-state index is 0.149. The van der Waals surface area contributed by atoms with Crippen LogP contribution in [0.4, 0.5) is 5.69 Å². The van der Waals surface area contributed by atoms with Crippen molar-refractivity contribution in [1.29, 1.82) is 0 Å². The van der Waals surface area contributed by atoms with Crippen LogP contribution in [-0.4, -0.2) is 29.9 Å². The van der Waals surface area contributed by atoms with Crippen LogP contribution < -0.4 is 10.2 Å². The Hall–Kier alpha value is -3.17. The monoisotopic (exact) mass is 389 g/mol. The summed E-state index contributed by atoms with van der Waals surface area (Å²) in [6.07, 6.45) is 2.64. The maximum atomic E-state index is 12.2. The number of hydrogen-bond donors (Lipinski definition) is 1. The number of carbonyl (C=O) groups excluding carboxylic acids is 2. The van der Waals surface area contributed by atoms with E-state index < -0.39 is 0 Å². The topological polar surface area (TPSA) is 62.3 Å². The van der Waals surface area contributed by atoms with Crippen molar-refractivity contribution in [2.24, 2.45) is 0 Å². The minimum Gasteiger partial charge on any atom is -0.341 e. The number of thiazole rings is 1. The summed E-state index contributed by atoms with van der Waals surface area (Å²) in [6.45, 7) is 1.05. The fourth-order valence-electron chi connectivity index (χ4n) is 3.17. The van der Waals surface area contributed by atoms with E-state index in [0.29, 0.717) is 12.0 Å². The molecule has 0 spiro atoms. The summed E-state index contributed by atoms with van der Waals surface area (Å²) in [5, 5.41) is 2.81. The van der Waals surface area contributed by atoms with E-state index in [2.05, 4.69) is 22.1 Å². The number of nitrogens with zero attached hydrogens (tertiary/aromatic N) is 2. The minimum atomic E-state index is -0.149. The lowest BCUT2D eigenvalue weighted by Gasteiger charge is -2.26. The highest BCUT2D eigenvalue weighted by atomic mass is 32.1. The Morgan fingerprint density at radius 3 is 2.86 bits per heavy atom. The van der Waals surface area contributed by atoms with Gasteiger partial charge in [-0.3, -0.25) is 9.59 Å². The number of piperidine rings is 1. The molecule has 0 saturated carbocycles. The van der Waals surface area contributed by atoms with Gasteiger partial charge in [0, 0.05) is 29.8 Å². The second-order valence-corrected chi connectivity index (χ2v) is 7.46. The van der Waals surface area contributed by atoms with Gasteiger partial charge in [0.25, 0.3) is 5.91 Å². The third-order valence-corrected chi connectivity index (χ3v) is 5.46. The van der Waals surface area contributed by atoms with E-state index in [1.54, 1.807) is 11.6 Å². The zero-order valence-electron chi connectivity index (χ0n) is 15.3. The third kappa shape index (κ3) is 4.05. The number of anilines is 1. The average molecular weight is 389 g/mol. The first-order chi connectivity index (χ1) is 13.7. The maximum absolute atomic E-state index is 12.2. The first-order valence-corrected chi connectivity index (χ1v) is 10.1. The molecule has 28 heavy (non-hydrogen) atoms. The molecule has 0 unspecified atom stereocenters. The van der Waals surface area contributed by atoms with Crippen molar-refractivity contribution in [3.63, 3.8) is 0 Å². The molecule has 4 rings (SSSR count). The lowest BCUT2D eigenvalue weighted by molar-refractivity contribution is -0.119. The summed E-state index contributed by atoms with van der Waals surface area (Å²) in [5.41, 5.74) is 5.05. The van der Waals surface area contributed by atoms with Crippen LogP contribution >= 0.6 is 11.3 Å². The van der Waals surface area contributed by atoms with Crippen molar-refractivity contribution in [3.05, 3.63) is 59.1 Å². The van der Waals surface area contributed by atoms with E-state index in [9.17, 15) is 9.59 Å². The first kappa shape index (κ1) is 18.2. The molecule has 1 aliphatic heterocycles. The molecule has 0 bridgehead atoms. The van der Waals surface area contributed by atoms with Gasteiger partial charge in [-0.2, -0.15) is 0 Å². The van der Waals surface area contributed by atoms with Crippen LogP contribution in [-0.2, 0) is 4.79 Å². The largest absolute Gasteiger partial charge is 0.341 e. The molecule has 1 N–H and O–H groups in total. The fourth-order valence-corrected chi connectivity index (χ4v) is 3.89.